The Morgan fingerprint density at radius 3 is 2.50 bits per heavy atom. The summed E-state index contributed by atoms with van der Waals surface area (Å²) >= 11 is 6.07. The number of aryl methyl sites for hydroxylation is 2. The maximum Gasteiger partial charge on any atom is 0.220 e. The van der Waals surface area contributed by atoms with Crippen molar-refractivity contribution in [1.29, 1.82) is 0 Å². The number of halogens is 1. The summed E-state index contributed by atoms with van der Waals surface area (Å²) in [6.07, 6.45) is 0. The van der Waals surface area contributed by atoms with E-state index in [0.717, 1.165) is 27.5 Å². The minimum absolute atomic E-state index is 0.284. The van der Waals surface area contributed by atoms with Crippen LogP contribution in [0.3, 0.4) is 0 Å². The number of hydrogen-bond acceptors (Lipinski definition) is 3. The van der Waals surface area contributed by atoms with Crippen molar-refractivity contribution in [1.82, 2.24) is 9.97 Å². The largest absolute Gasteiger partial charge is 0.368 e. The average molecular weight is 234 g/mol. The zero-order chi connectivity index (χ0) is 11.7. The molecule has 0 spiro atoms. The lowest BCUT2D eigenvalue weighted by Gasteiger charge is -2.05. The van der Waals surface area contributed by atoms with Crippen molar-refractivity contribution < 1.29 is 0 Å². The molecule has 0 aliphatic heterocycles. The number of rotatable bonds is 1. The van der Waals surface area contributed by atoms with Crippen LogP contribution in [0, 0.1) is 13.8 Å². The van der Waals surface area contributed by atoms with Crippen LogP contribution in [0.1, 0.15) is 11.3 Å². The molecule has 0 atom stereocenters. The Bertz CT molecular complexity index is 518. The number of nitrogen functional groups attached to an aromatic ring is 1. The highest BCUT2D eigenvalue weighted by Gasteiger charge is 2.04. The van der Waals surface area contributed by atoms with Gasteiger partial charge in [-0.05, 0) is 31.5 Å². The van der Waals surface area contributed by atoms with Gasteiger partial charge in [-0.15, -0.1) is 0 Å². The highest BCUT2D eigenvalue weighted by Crippen LogP contribution is 2.24. The molecule has 82 valence electrons. The van der Waals surface area contributed by atoms with Gasteiger partial charge in [0.05, 0.1) is 5.69 Å². The summed E-state index contributed by atoms with van der Waals surface area (Å²) in [6, 6.07) is 7.71. The van der Waals surface area contributed by atoms with Crippen molar-refractivity contribution in [2.24, 2.45) is 0 Å². The molecule has 0 fully saturated rings. The van der Waals surface area contributed by atoms with Gasteiger partial charge in [-0.25, -0.2) is 9.97 Å². The van der Waals surface area contributed by atoms with Crippen molar-refractivity contribution >= 4 is 17.5 Å². The van der Waals surface area contributed by atoms with Crippen LogP contribution in [0.25, 0.3) is 11.3 Å². The van der Waals surface area contributed by atoms with Gasteiger partial charge in [-0.2, -0.15) is 0 Å². The molecule has 0 unspecified atom stereocenters. The third kappa shape index (κ3) is 2.14. The lowest BCUT2D eigenvalue weighted by Crippen LogP contribution is -1.98. The van der Waals surface area contributed by atoms with Crippen LogP contribution in [-0.4, -0.2) is 9.97 Å². The van der Waals surface area contributed by atoms with Crippen molar-refractivity contribution in [2.45, 2.75) is 13.8 Å². The molecule has 3 nitrogen and oxygen atoms in total. The smallest absolute Gasteiger partial charge is 0.220 e. The quantitative estimate of drug-likeness (QED) is 0.824. The minimum atomic E-state index is 0.284. The SMILES string of the molecule is Cc1cc(-c2ccc(C)c(Cl)c2)nc(N)n1. The van der Waals surface area contributed by atoms with E-state index in [1.165, 1.54) is 0 Å². The number of anilines is 1. The molecule has 1 aromatic heterocycles. The van der Waals surface area contributed by atoms with Crippen LogP contribution < -0.4 is 5.73 Å². The van der Waals surface area contributed by atoms with Crippen molar-refractivity contribution in [2.75, 3.05) is 5.73 Å². The third-order valence-corrected chi connectivity index (χ3v) is 2.75. The molecule has 0 saturated carbocycles. The van der Waals surface area contributed by atoms with Gasteiger partial charge in [-0.3, -0.25) is 0 Å². The van der Waals surface area contributed by atoms with E-state index in [4.69, 9.17) is 17.3 Å². The Labute approximate surface area is 99.3 Å². The molecule has 0 aliphatic rings. The number of hydrogen-bond donors (Lipinski definition) is 1. The topological polar surface area (TPSA) is 51.8 Å². The van der Waals surface area contributed by atoms with E-state index < -0.39 is 0 Å². The number of benzene rings is 1. The highest BCUT2D eigenvalue weighted by atomic mass is 35.5. The fourth-order valence-corrected chi connectivity index (χ4v) is 1.67. The van der Waals surface area contributed by atoms with E-state index in [2.05, 4.69) is 9.97 Å². The van der Waals surface area contributed by atoms with Gasteiger partial charge in [0, 0.05) is 16.3 Å². The molecule has 2 aromatic rings. The van der Waals surface area contributed by atoms with Crippen LogP contribution in [0.4, 0.5) is 5.95 Å². The van der Waals surface area contributed by atoms with Crippen LogP contribution in [0.5, 0.6) is 0 Å². The van der Waals surface area contributed by atoms with Crippen molar-refractivity contribution in [3.05, 3.63) is 40.5 Å². The molecule has 0 radical (unpaired) electrons. The molecule has 2 rings (SSSR count). The van der Waals surface area contributed by atoms with E-state index in [1.54, 1.807) is 0 Å². The second-order valence-electron chi connectivity index (χ2n) is 3.72. The predicted octanol–water partition coefficient (Wildman–Crippen LogP) is 3.00. The number of nitrogens with two attached hydrogens (primary N) is 1. The number of nitrogens with zero attached hydrogens (tertiary/aromatic N) is 2. The van der Waals surface area contributed by atoms with Gasteiger partial charge in [0.25, 0.3) is 0 Å². The lowest BCUT2D eigenvalue weighted by atomic mass is 10.1. The predicted molar refractivity (Wildman–Crippen MR) is 66.4 cm³/mol. The van der Waals surface area contributed by atoms with Gasteiger partial charge in [-0.1, -0.05) is 23.7 Å². The molecule has 0 saturated heterocycles. The highest BCUT2D eigenvalue weighted by molar-refractivity contribution is 6.31. The first kappa shape index (κ1) is 10.9. The fraction of sp³-hybridized carbons (Fsp3) is 0.167. The van der Waals surface area contributed by atoms with E-state index >= 15 is 0 Å². The first-order chi connectivity index (χ1) is 7.56. The molecule has 0 amide bonds. The van der Waals surface area contributed by atoms with E-state index in [0.29, 0.717) is 0 Å². The van der Waals surface area contributed by atoms with E-state index in [9.17, 15) is 0 Å². The Morgan fingerprint density at radius 1 is 1.12 bits per heavy atom. The zero-order valence-corrected chi connectivity index (χ0v) is 9.92. The monoisotopic (exact) mass is 233 g/mol. The third-order valence-electron chi connectivity index (χ3n) is 2.34. The molecule has 1 heterocycles. The summed E-state index contributed by atoms with van der Waals surface area (Å²) < 4.78 is 0. The number of aromatic nitrogens is 2. The average Bonchev–Trinajstić information content (AvgIpc) is 2.20. The summed E-state index contributed by atoms with van der Waals surface area (Å²) in [7, 11) is 0. The Balaban J connectivity index is 2.54. The minimum Gasteiger partial charge on any atom is -0.368 e. The van der Waals surface area contributed by atoms with Gasteiger partial charge in [0.1, 0.15) is 0 Å². The standard InChI is InChI=1S/C12H12ClN3/c1-7-3-4-9(6-10(7)13)11-5-8(2)15-12(14)16-11/h3-6H,1-2H3,(H2,14,15,16). The summed E-state index contributed by atoms with van der Waals surface area (Å²) in [5, 5.41) is 0.729. The van der Waals surface area contributed by atoms with Gasteiger partial charge >= 0.3 is 0 Å². The van der Waals surface area contributed by atoms with Crippen LogP contribution in [0.2, 0.25) is 5.02 Å². The Morgan fingerprint density at radius 2 is 1.88 bits per heavy atom. The molecular weight excluding hydrogens is 222 g/mol. The molecule has 0 bridgehead atoms. The van der Waals surface area contributed by atoms with Gasteiger partial charge in [0.2, 0.25) is 5.95 Å². The maximum absolute atomic E-state index is 6.07. The second kappa shape index (κ2) is 4.10. The van der Waals surface area contributed by atoms with Gasteiger partial charge in [0.15, 0.2) is 0 Å². The summed E-state index contributed by atoms with van der Waals surface area (Å²) in [5.74, 6) is 0.284. The summed E-state index contributed by atoms with van der Waals surface area (Å²) in [6.45, 7) is 3.85. The maximum atomic E-state index is 6.07. The fourth-order valence-electron chi connectivity index (χ4n) is 1.49. The van der Waals surface area contributed by atoms with Crippen LogP contribution >= 0.6 is 11.6 Å². The van der Waals surface area contributed by atoms with E-state index in [1.807, 2.05) is 38.1 Å². The van der Waals surface area contributed by atoms with Crippen LogP contribution in [-0.2, 0) is 0 Å². The van der Waals surface area contributed by atoms with Crippen LogP contribution in [0.15, 0.2) is 24.3 Å². The second-order valence-corrected chi connectivity index (χ2v) is 4.12. The van der Waals surface area contributed by atoms with Crippen molar-refractivity contribution in [3.8, 4) is 11.3 Å². The first-order valence-electron chi connectivity index (χ1n) is 4.94. The molecule has 16 heavy (non-hydrogen) atoms. The lowest BCUT2D eigenvalue weighted by molar-refractivity contribution is 1.12. The molecule has 4 heteroatoms. The normalized spacial score (nSPS) is 10.4. The molecule has 2 N–H and O–H groups in total. The molecular formula is C12H12ClN3. The zero-order valence-electron chi connectivity index (χ0n) is 9.16. The van der Waals surface area contributed by atoms with E-state index in [-0.39, 0.29) is 5.95 Å². The Kier molecular flexibility index (Phi) is 2.79. The van der Waals surface area contributed by atoms with Crippen molar-refractivity contribution in [3.63, 3.8) is 0 Å². The molecule has 1 aromatic carbocycles. The summed E-state index contributed by atoms with van der Waals surface area (Å²) in [5.41, 5.74) is 9.25. The Hall–Kier alpha value is -1.61. The first-order valence-corrected chi connectivity index (χ1v) is 5.32. The van der Waals surface area contributed by atoms with Gasteiger partial charge < -0.3 is 5.73 Å². The molecule has 0 aliphatic carbocycles. The summed E-state index contributed by atoms with van der Waals surface area (Å²) in [4.78, 5) is 8.22.